The number of aromatic nitrogens is 1. The highest BCUT2D eigenvalue weighted by Gasteiger charge is 2.32. The summed E-state index contributed by atoms with van der Waals surface area (Å²) in [7, 11) is 4.20. The first-order valence-electron chi connectivity index (χ1n) is 14.0. The standard InChI is InChI=1S/C31H36F4N4O5/c1-42-18-22(40)16-38-13-11-26(24(32)17-38)37-25-7-4-8-28-23(25)15-21(39(28)19-31(33,34)35)6-5-12-36-27-10-9-20(30(41)44-3)14-29(27)43-2/h4,7-10,14-15,22,24,26,36-37,40H,11-13,16-19H2,1-3H3/t22-,24-,26?/m1/s1. The summed E-state index contributed by atoms with van der Waals surface area (Å²) < 4.78 is 72.1. The Bertz CT molecular complexity index is 1500. The molecule has 0 amide bonds. The van der Waals surface area contributed by atoms with Gasteiger partial charge in [-0.05, 0) is 48.7 Å². The van der Waals surface area contributed by atoms with Gasteiger partial charge in [0.25, 0.3) is 0 Å². The first-order chi connectivity index (χ1) is 21.0. The molecule has 13 heteroatoms. The van der Waals surface area contributed by atoms with Gasteiger partial charge in [0.1, 0.15) is 18.5 Å². The molecule has 0 saturated carbocycles. The topological polar surface area (TPSA) is 97.2 Å². The average Bonchev–Trinajstić information content (AvgIpc) is 3.32. The van der Waals surface area contributed by atoms with E-state index in [1.165, 1.54) is 27.4 Å². The molecule has 1 aliphatic rings. The van der Waals surface area contributed by atoms with Crippen molar-refractivity contribution in [3.05, 3.63) is 53.7 Å². The zero-order valence-corrected chi connectivity index (χ0v) is 24.7. The molecule has 3 atom stereocenters. The third-order valence-electron chi connectivity index (χ3n) is 7.28. The molecule has 1 fully saturated rings. The van der Waals surface area contributed by atoms with Gasteiger partial charge in [-0.2, -0.15) is 13.2 Å². The molecule has 0 radical (unpaired) electrons. The van der Waals surface area contributed by atoms with Crippen molar-refractivity contribution in [2.45, 2.75) is 37.5 Å². The van der Waals surface area contributed by atoms with Crippen LogP contribution in [0.3, 0.4) is 0 Å². The van der Waals surface area contributed by atoms with E-state index < -0.39 is 37.0 Å². The molecule has 0 spiro atoms. The number of anilines is 2. The summed E-state index contributed by atoms with van der Waals surface area (Å²) in [5, 5.41) is 16.7. The van der Waals surface area contributed by atoms with Gasteiger partial charge >= 0.3 is 12.1 Å². The summed E-state index contributed by atoms with van der Waals surface area (Å²) in [6.07, 6.45) is -6.02. The van der Waals surface area contributed by atoms with Gasteiger partial charge in [0.2, 0.25) is 0 Å². The van der Waals surface area contributed by atoms with Gasteiger partial charge in [0.15, 0.2) is 0 Å². The molecule has 0 bridgehead atoms. The lowest BCUT2D eigenvalue weighted by atomic mass is 10.0. The number of carbonyl (C=O) groups excluding carboxylic acids is 1. The summed E-state index contributed by atoms with van der Waals surface area (Å²) in [6, 6.07) is 10.6. The fourth-order valence-electron chi connectivity index (χ4n) is 5.26. The molecule has 3 aromatic rings. The summed E-state index contributed by atoms with van der Waals surface area (Å²) >= 11 is 0. The second kappa shape index (κ2) is 14.7. The summed E-state index contributed by atoms with van der Waals surface area (Å²) in [5.74, 6) is 5.55. The van der Waals surface area contributed by atoms with E-state index in [1.807, 2.05) is 4.90 Å². The molecule has 1 aromatic heterocycles. The van der Waals surface area contributed by atoms with Crippen molar-refractivity contribution in [2.24, 2.45) is 0 Å². The number of halogens is 4. The fourth-order valence-corrected chi connectivity index (χ4v) is 5.26. The Balaban J connectivity index is 1.53. The number of piperidine rings is 1. The molecule has 1 aliphatic heterocycles. The van der Waals surface area contributed by atoms with Gasteiger partial charge in [-0.15, -0.1) is 0 Å². The van der Waals surface area contributed by atoms with E-state index >= 15 is 4.39 Å². The van der Waals surface area contributed by atoms with Crippen LogP contribution in [0.2, 0.25) is 0 Å². The van der Waals surface area contributed by atoms with Crippen LogP contribution >= 0.6 is 0 Å². The summed E-state index contributed by atoms with van der Waals surface area (Å²) in [5.41, 5.74) is 1.82. The van der Waals surface area contributed by atoms with E-state index in [2.05, 4.69) is 22.5 Å². The number of methoxy groups -OCH3 is 3. The van der Waals surface area contributed by atoms with Crippen LogP contribution in [0.5, 0.6) is 5.75 Å². The van der Waals surface area contributed by atoms with E-state index in [9.17, 15) is 23.1 Å². The Labute approximate surface area is 253 Å². The van der Waals surface area contributed by atoms with Crippen molar-refractivity contribution in [3.63, 3.8) is 0 Å². The number of hydrogen-bond acceptors (Lipinski definition) is 8. The van der Waals surface area contributed by atoms with Crippen LogP contribution in [0.1, 0.15) is 22.5 Å². The minimum absolute atomic E-state index is 0.0771. The number of aliphatic hydroxyl groups is 1. The number of carbonyl (C=O) groups is 1. The molecule has 0 aliphatic carbocycles. The van der Waals surface area contributed by atoms with E-state index in [-0.39, 0.29) is 25.4 Å². The van der Waals surface area contributed by atoms with Crippen LogP contribution in [0.25, 0.3) is 10.9 Å². The minimum Gasteiger partial charge on any atom is -0.495 e. The maximum absolute atomic E-state index is 15.2. The molecule has 9 nitrogen and oxygen atoms in total. The maximum Gasteiger partial charge on any atom is 0.406 e. The van der Waals surface area contributed by atoms with Gasteiger partial charge in [-0.1, -0.05) is 12.0 Å². The fraction of sp³-hybridized carbons (Fsp3) is 0.452. The highest BCUT2D eigenvalue weighted by Crippen LogP contribution is 2.32. The predicted molar refractivity (Wildman–Crippen MR) is 159 cm³/mol. The van der Waals surface area contributed by atoms with Crippen LogP contribution in [0, 0.1) is 11.8 Å². The molecule has 44 heavy (non-hydrogen) atoms. The van der Waals surface area contributed by atoms with Crippen molar-refractivity contribution < 1.29 is 41.7 Å². The van der Waals surface area contributed by atoms with Crippen LogP contribution in [0.4, 0.5) is 28.9 Å². The second-order valence-corrected chi connectivity index (χ2v) is 10.5. The average molecular weight is 621 g/mol. The van der Waals surface area contributed by atoms with Gasteiger partial charge in [-0.3, -0.25) is 4.90 Å². The SMILES string of the molecule is COC[C@H](O)CN1CCC(Nc2cccc3c2cc(C#CCNc2ccc(C(=O)OC)cc2OC)n3CC(F)(F)F)[C@H](F)C1. The van der Waals surface area contributed by atoms with Crippen LogP contribution in [-0.2, 0) is 16.0 Å². The van der Waals surface area contributed by atoms with Gasteiger partial charge < -0.3 is 34.5 Å². The molecule has 1 saturated heterocycles. The number of ether oxygens (including phenoxy) is 3. The van der Waals surface area contributed by atoms with E-state index in [0.717, 1.165) is 4.57 Å². The Morgan fingerprint density at radius 3 is 2.64 bits per heavy atom. The molecule has 1 unspecified atom stereocenters. The zero-order chi connectivity index (χ0) is 31.9. The van der Waals surface area contributed by atoms with Crippen molar-refractivity contribution in [1.29, 1.82) is 0 Å². The predicted octanol–water partition coefficient (Wildman–Crippen LogP) is 4.29. The van der Waals surface area contributed by atoms with E-state index in [4.69, 9.17) is 14.2 Å². The highest BCUT2D eigenvalue weighted by molar-refractivity contribution is 5.94. The number of alkyl halides is 4. The normalized spacial score (nSPS) is 17.9. The third kappa shape index (κ3) is 8.34. The number of nitrogens with zero attached hydrogens (tertiary/aromatic N) is 2. The quantitative estimate of drug-likeness (QED) is 0.166. The number of rotatable bonds is 11. The summed E-state index contributed by atoms with van der Waals surface area (Å²) in [6.45, 7) is -0.0554. The number of nitrogens with one attached hydrogen (secondary N) is 2. The van der Waals surface area contributed by atoms with Crippen LogP contribution in [0.15, 0.2) is 42.5 Å². The lowest BCUT2D eigenvalue weighted by Crippen LogP contribution is -2.50. The number of esters is 1. The van der Waals surface area contributed by atoms with Gasteiger partial charge in [0, 0.05) is 37.8 Å². The smallest absolute Gasteiger partial charge is 0.406 e. The number of aliphatic hydroxyl groups excluding tert-OH is 1. The number of fused-ring (bicyclic) bond motifs is 1. The summed E-state index contributed by atoms with van der Waals surface area (Å²) in [4.78, 5) is 13.6. The van der Waals surface area contributed by atoms with E-state index in [1.54, 1.807) is 36.4 Å². The van der Waals surface area contributed by atoms with Crippen molar-refractivity contribution >= 4 is 28.2 Å². The molecule has 238 valence electrons. The molecule has 3 N–H and O–H groups in total. The Morgan fingerprint density at radius 1 is 1.16 bits per heavy atom. The number of likely N-dealkylation sites (tertiary alicyclic amines) is 1. The number of β-amino-alcohol motifs (C(OH)–C–C–N with tert-alkyl or cyclic N) is 1. The molecule has 2 heterocycles. The van der Waals surface area contributed by atoms with Crippen molar-refractivity contribution in [3.8, 4) is 17.6 Å². The lowest BCUT2D eigenvalue weighted by molar-refractivity contribution is -0.140. The first-order valence-corrected chi connectivity index (χ1v) is 14.0. The van der Waals surface area contributed by atoms with E-state index in [0.29, 0.717) is 53.1 Å². The first kappa shape index (κ1) is 32.9. The molecular formula is C31H36F4N4O5. The lowest BCUT2D eigenvalue weighted by Gasteiger charge is -2.36. The Hall–Kier alpha value is -3.99. The van der Waals surface area contributed by atoms with Crippen LogP contribution < -0.4 is 15.4 Å². The van der Waals surface area contributed by atoms with Crippen molar-refractivity contribution in [1.82, 2.24) is 9.47 Å². The van der Waals surface area contributed by atoms with Crippen molar-refractivity contribution in [2.75, 3.05) is 64.7 Å². The zero-order valence-electron chi connectivity index (χ0n) is 24.7. The minimum atomic E-state index is -4.50. The Morgan fingerprint density at radius 2 is 1.95 bits per heavy atom. The van der Waals surface area contributed by atoms with Crippen LogP contribution in [-0.4, -0.2) is 99.2 Å². The molecular weight excluding hydrogens is 584 g/mol. The highest BCUT2D eigenvalue weighted by atomic mass is 19.4. The maximum atomic E-state index is 15.2. The monoisotopic (exact) mass is 620 g/mol. The second-order valence-electron chi connectivity index (χ2n) is 10.5. The molecule has 4 rings (SSSR count). The molecule has 2 aromatic carbocycles. The van der Waals surface area contributed by atoms with Gasteiger partial charge in [0.05, 0.1) is 62.0 Å². The largest absolute Gasteiger partial charge is 0.495 e. The van der Waals surface area contributed by atoms with Gasteiger partial charge in [-0.25, -0.2) is 9.18 Å². The number of hydrogen-bond donors (Lipinski definition) is 3. The third-order valence-corrected chi connectivity index (χ3v) is 7.28. The Kier molecular flexibility index (Phi) is 11.0. The number of benzene rings is 2.